The molecule has 0 unspecified atom stereocenters. The first-order valence-electron chi connectivity index (χ1n) is 8.98. The minimum atomic E-state index is -4.38. The van der Waals surface area contributed by atoms with Crippen molar-refractivity contribution in [2.24, 2.45) is 0 Å². The topological polar surface area (TPSA) is 95.5 Å². The summed E-state index contributed by atoms with van der Waals surface area (Å²) in [5.74, 6) is 0. The molecule has 3 aromatic rings. The Morgan fingerprint density at radius 2 is 1.41 bits per heavy atom. The molecule has 0 bridgehead atoms. The lowest BCUT2D eigenvalue weighted by Gasteiger charge is -2.16. The van der Waals surface area contributed by atoms with Crippen molar-refractivity contribution >= 4 is 27.5 Å². The molecule has 0 atom stereocenters. The van der Waals surface area contributed by atoms with Crippen LogP contribution in [0.4, 0.5) is 16.2 Å². The number of aryl methyl sites for hydroxylation is 3. The first-order chi connectivity index (χ1) is 13.6. The van der Waals surface area contributed by atoms with E-state index in [1.165, 1.54) is 6.07 Å². The summed E-state index contributed by atoms with van der Waals surface area (Å²) in [6, 6.07) is 17.0. The molecule has 3 N–H and O–H groups in total. The van der Waals surface area contributed by atoms with Crippen molar-refractivity contribution in [3.05, 3.63) is 77.4 Å². The molecule has 3 rings (SSSR count). The predicted octanol–water partition coefficient (Wildman–Crippen LogP) is 5.17. The van der Waals surface area contributed by atoms with Crippen molar-refractivity contribution in [3.8, 4) is 11.1 Å². The second kappa shape index (κ2) is 8.06. The number of rotatable bonds is 4. The van der Waals surface area contributed by atoms with Crippen LogP contribution in [0.15, 0.2) is 65.6 Å². The SMILES string of the molecule is Cc1ccc(S(=O)(=O)O)c(-c2c(C)cc(NC(=O)Nc3ccccc3)cc2C)c1. The Balaban J connectivity index is 1.95. The van der Waals surface area contributed by atoms with Gasteiger partial charge in [-0.3, -0.25) is 4.55 Å². The summed E-state index contributed by atoms with van der Waals surface area (Å²) in [4.78, 5) is 12.1. The second-order valence-corrected chi connectivity index (χ2v) is 8.29. The van der Waals surface area contributed by atoms with Crippen LogP contribution < -0.4 is 10.6 Å². The standard InChI is InChI=1S/C22H22N2O4S/c1-14-9-10-20(29(26,27)28)19(11-14)21-15(2)12-18(13-16(21)3)24-22(25)23-17-7-5-4-6-8-17/h4-13H,1-3H3,(H2,23,24,25)(H,26,27,28). The third-order valence-electron chi connectivity index (χ3n) is 4.50. The van der Waals surface area contributed by atoms with Gasteiger partial charge in [-0.05, 0) is 67.8 Å². The van der Waals surface area contributed by atoms with Gasteiger partial charge in [-0.1, -0.05) is 35.9 Å². The molecule has 0 aromatic heterocycles. The minimum absolute atomic E-state index is 0.142. The zero-order valence-electron chi connectivity index (χ0n) is 16.4. The molecule has 0 fully saturated rings. The van der Waals surface area contributed by atoms with Crippen LogP contribution in [-0.4, -0.2) is 19.0 Å². The van der Waals surface area contributed by atoms with Gasteiger partial charge in [-0.25, -0.2) is 4.79 Å². The Labute approximate surface area is 170 Å². The lowest BCUT2D eigenvalue weighted by atomic mass is 9.94. The van der Waals surface area contributed by atoms with E-state index in [1.54, 1.807) is 36.4 Å². The first kappa shape index (κ1) is 20.6. The van der Waals surface area contributed by atoms with E-state index in [0.717, 1.165) is 16.7 Å². The lowest BCUT2D eigenvalue weighted by molar-refractivity contribution is 0.262. The lowest BCUT2D eigenvalue weighted by Crippen LogP contribution is -2.19. The van der Waals surface area contributed by atoms with Crippen LogP contribution in [0.1, 0.15) is 16.7 Å². The number of hydrogen-bond donors (Lipinski definition) is 3. The summed E-state index contributed by atoms with van der Waals surface area (Å²) in [6.07, 6.45) is 0. The minimum Gasteiger partial charge on any atom is -0.308 e. The molecule has 0 aliphatic rings. The first-order valence-corrected chi connectivity index (χ1v) is 10.4. The smallest absolute Gasteiger partial charge is 0.308 e. The number of carbonyl (C=O) groups excluding carboxylic acids is 1. The zero-order valence-corrected chi connectivity index (χ0v) is 17.2. The predicted molar refractivity (Wildman–Crippen MR) is 115 cm³/mol. The van der Waals surface area contributed by atoms with E-state index in [0.29, 0.717) is 22.5 Å². The summed E-state index contributed by atoms with van der Waals surface area (Å²) in [5.41, 5.74) is 4.81. The normalized spacial score (nSPS) is 11.2. The van der Waals surface area contributed by atoms with E-state index in [2.05, 4.69) is 10.6 Å². The summed E-state index contributed by atoms with van der Waals surface area (Å²) in [6.45, 7) is 5.52. The molecule has 0 heterocycles. The molecule has 0 spiro atoms. The van der Waals surface area contributed by atoms with E-state index >= 15 is 0 Å². The van der Waals surface area contributed by atoms with E-state index in [-0.39, 0.29) is 10.9 Å². The highest BCUT2D eigenvalue weighted by atomic mass is 32.2. The van der Waals surface area contributed by atoms with Crippen LogP contribution >= 0.6 is 0 Å². The van der Waals surface area contributed by atoms with Crippen molar-refractivity contribution in [2.75, 3.05) is 10.6 Å². The van der Waals surface area contributed by atoms with Crippen molar-refractivity contribution in [1.82, 2.24) is 0 Å². The number of benzene rings is 3. The average Bonchev–Trinajstić information content (AvgIpc) is 2.61. The van der Waals surface area contributed by atoms with Crippen molar-refractivity contribution in [2.45, 2.75) is 25.7 Å². The number of hydrogen-bond acceptors (Lipinski definition) is 3. The molecule has 150 valence electrons. The maximum absolute atomic E-state index is 12.3. The number of nitrogens with one attached hydrogen (secondary N) is 2. The molecule has 3 aromatic carbocycles. The summed E-state index contributed by atoms with van der Waals surface area (Å²) >= 11 is 0. The van der Waals surface area contributed by atoms with Crippen molar-refractivity contribution in [1.29, 1.82) is 0 Å². The van der Waals surface area contributed by atoms with Crippen LogP contribution in [0.3, 0.4) is 0 Å². The van der Waals surface area contributed by atoms with Gasteiger partial charge >= 0.3 is 6.03 Å². The van der Waals surface area contributed by atoms with E-state index in [9.17, 15) is 17.8 Å². The number of amides is 2. The van der Waals surface area contributed by atoms with Crippen LogP contribution in [0.2, 0.25) is 0 Å². The molecule has 29 heavy (non-hydrogen) atoms. The third kappa shape index (κ3) is 4.82. The Bertz CT molecular complexity index is 1150. The average molecular weight is 410 g/mol. The Morgan fingerprint density at radius 1 is 0.828 bits per heavy atom. The molecule has 0 radical (unpaired) electrons. The van der Waals surface area contributed by atoms with Gasteiger partial charge in [0.1, 0.15) is 4.90 Å². The van der Waals surface area contributed by atoms with Gasteiger partial charge < -0.3 is 10.6 Å². The zero-order chi connectivity index (χ0) is 21.2. The summed E-state index contributed by atoms with van der Waals surface area (Å²) in [5, 5.41) is 5.54. The van der Waals surface area contributed by atoms with Gasteiger partial charge in [0.2, 0.25) is 0 Å². The van der Waals surface area contributed by atoms with Crippen LogP contribution in [0.5, 0.6) is 0 Å². The molecule has 2 amide bonds. The highest BCUT2D eigenvalue weighted by molar-refractivity contribution is 7.86. The number of para-hydroxylation sites is 1. The largest absolute Gasteiger partial charge is 0.323 e. The molecular formula is C22H22N2O4S. The summed E-state index contributed by atoms with van der Waals surface area (Å²) < 4.78 is 33.3. The quantitative estimate of drug-likeness (QED) is 0.517. The molecule has 0 saturated carbocycles. The number of carbonyl (C=O) groups is 1. The van der Waals surface area contributed by atoms with Gasteiger partial charge in [0.05, 0.1) is 0 Å². The second-order valence-electron chi connectivity index (χ2n) is 6.90. The molecule has 0 saturated heterocycles. The highest BCUT2D eigenvalue weighted by Crippen LogP contribution is 2.35. The van der Waals surface area contributed by atoms with E-state index in [4.69, 9.17) is 0 Å². The fourth-order valence-corrected chi connectivity index (χ4v) is 4.02. The van der Waals surface area contributed by atoms with E-state index in [1.807, 2.05) is 39.0 Å². The summed E-state index contributed by atoms with van der Waals surface area (Å²) in [7, 11) is -4.38. The van der Waals surface area contributed by atoms with Gasteiger partial charge in [0.15, 0.2) is 0 Å². The highest BCUT2D eigenvalue weighted by Gasteiger charge is 2.20. The molecule has 0 aliphatic carbocycles. The van der Waals surface area contributed by atoms with Gasteiger partial charge in [0, 0.05) is 16.9 Å². The molecule has 6 nitrogen and oxygen atoms in total. The fraction of sp³-hybridized carbons (Fsp3) is 0.136. The Hall–Kier alpha value is -3.16. The maximum Gasteiger partial charge on any atom is 0.323 e. The third-order valence-corrected chi connectivity index (χ3v) is 5.42. The number of urea groups is 1. The fourth-order valence-electron chi connectivity index (χ4n) is 3.34. The maximum atomic E-state index is 12.3. The molecule has 7 heteroatoms. The van der Waals surface area contributed by atoms with Gasteiger partial charge in [-0.15, -0.1) is 0 Å². The monoisotopic (exact) mass is 410 g/mol. The molecule has 0 aliphatic heterocycles. The van der Waals surface area contributed by atoms with E-state index < -0.39 is 10.1 Å². The number of anilines is 2. The Kier molecular flexibility index (Phi) is 5.72. The Morgan fingerprint density at radius 3 is 2.00 bits per heavy atom. The molecular weight excluding hydrogens is 388 g/mol. The van der Waals surface area contributed by atoms with Crippen LogP contribution in [0.25, 0.3) is 11.1 Å². The van der Waals surface area contributed by atoms with Crippen LogP contribution in [0, 0.1) is 20.8 Å². The van der Waals surface area contributed by atoms with Crippen LogP contribution in [-0.2, 0) is 10.1 Å². The van der Waals surface area contributed by atoms with Crippen molar-refractivity contribution in [3.63, 3.8) is 0 Å². The van der Waals surface area contributed by atoms with Gasteiger partial charge in [0.25, 0.3) is 10.1 Å². The van der Waals surface area contributed by atoms with Crippen molar-refractivity contribution < 1.29 is 17.8 Å². The van der Waals surface area contributed by atoms with Gasteiger partial charge in [-0.2, -0.15) is 8.42 Å².